The summed E-state index contributed by atoms with van der Waals surface area (Å²) in [6, 6.07) is 0. The first-order valence-corrected chi connectivity index (χ1v) is 4.67. The standard InChI is InChI=1S/C8H14N2OS/c1-7(11)9-8(12)10-5-3-2-4-6-10/h2-6H2,1H3,(H,9,11,12). The van der Waals surface area contributed by atoms with Gasteiger partial charge in [0.2, 0.25) is 5.91 Å². The number of piperidine rings is 1. The van der Waals surface area contributed by atoms with Crippen LogP contribution in [0.4, 0.5) is 0 Å². The minimum Gasteiger partial charge on any atom is -0.349 e. The van der Waals surface area contributed by atoms with E-state index >= 15 is 0 Å². The van der Waals surface area contributed by atoms with Crippen molar-refractivity contribution in [1.82, 2.24) is 10.2 Å². The van der Waals surface area contributed by atoms with E-state index in [2.05, 4.69) is 10.2 Å². The van der Waals surface area contributed by atoms with Crippen LogP contribution in [0.3, 0.4) is 0 Å². The van der Waals surface area contributed by atoms with Crippen molar-refractivity contribution in [2.45, 2.75) is 26.2 Å². The van der Waals surface area contributed by atoms with Crippen molar-refractivity contribution in [3.8, 4) is 0 Å². The van der Waals surface area contributed by atoms with Crippen LogP contribution in [0.2, 0.25) is 0 Å². The van der Waals surface area contributed by atoms with Gasteiger partial charge in [-0.2, -0.15) is 0 Å². The summed E-state index contributed by atoms with van der Waals surface area (Å²) in [6.07, 6.45) is 3.64. The summed E-state index contributed by atoms with van der Waals surface area (Å²) in [5, 5.41) is 3.22. The molecule has 12 heavy (non-hydrogen) atoms. The van der Waals surface area contributed by atoms with E-state index in [4.69, 9.17) is 12.2 Å². The maximum atomic E-state index is 10.7. The average Bonchev–Trinajstić information content (AvgIpc) is 2.05. The number of thiocarbonyl (C=S) groups is 1. The minimum atomic E-state index is -0.0782. The summed E-state index contributed by atoms with van der Waals surface area (Å²) in [4.78, 5) is 12.7. The van der Waals surface area contributed by atoms with E-state index in [-0.39, 0.29) is 5.91 Å². The Kier molecular flexibility index (Phi) is 3.47. The smallest absolute Gasteiger partial charge is 0.222 e. The molecule has 1 aliphatic heterocycles. The SMILES string of the molecule is CC(=O)NC(=S)N1CCCCC1. The van der Waals surface area contributed by atoms with Crippen LogP contribution in [-0.4, -0.2) is 29.0 Å². The van der Waals surface area contributed by atoms with Crippen LogP contribution in [0.5, 0.6) is 0 Å². The Morgan fingerprint density at radius 3 is 2.42 bits per heavy atom. The first-order chi connectivity index (χ1) is 5.70. The summed E-state index contributed by atoms with van der Waals surface area (Å²) in [5.74, 6) is -0.0782. The van der Waals surface area contributed by atoms with Crippen molar-refractivity contribution in [3.63, 3.8) is 0 Å². The molecule has 0 saturated carbocycles. The number of rotatable bonds is 0. The largest absolute Gasteiger partial charge is 0.349 e. The molecule has 0 unspecified atom stereocenters. The molecule has 0 aromatic heterocycles. The zero-order chi connectivity index (χ0) is 8.97. The van der Waals surface area contributed by atoms with Crippen LogP contribution in [0.25, 0.3) is 0 Å². The molecular formula is C8H14N2OS. The molecule has 1 heterocycles. The Morgan fingerprint density at radius 1 is 1.33 bits per heavy atom. The maximum Gasteiger partial charge on any atom is 0.222 e. The fourth-order valence-corrected chi connectivity index (χ4v) is 1.65. The molecule has 1 rings (SSSR count). The molecule has 1 aliphatic rings. The first kappa shape index (κ1) is 9.45. The number of likely N-dealkylation sites (tertiary alicyclic amines) is 1. The molecule has 0 aliphatic carbocycles. The van der Waals surface area contributed by atoms with Crippen LogP contribution in [0.15, 0.2) is 0 Å². The number of nitrogens with zero attached hydrogens (tertiary/aromatic N) is 1. The van der Waals surface area contributed by atoms with E-state index in [1.807, 2.05) is 0 Å². The minimum absolute atomic E-state index is 0.0782. The molecule has 0 aromatic carbocycles. The van der Waals surface area contributed by atoms with E-state index in [1.165, 1.54) is 26.2 Å². The average molecular weight is 186 g/mol. The molecule has 4 heteroatoms. The van der Waals surface area contributed by atoms with Gasteiger partial charge in [0.05, 0.1) is 0 Å². The topological polar surface area (TPSA) is 32.3 Å². The first-order valence-electron chi connectivity index (χ1n) is 4.26. The highest BCUT2D eigenvalue weighted by atomic mass is 32.1. The van der Waals surface area contributed by atoms with Gasteiger partial charge in [-0.1, -0.05) is 0 Å². The number of carbonyl (C=O) groups excluding carboxylic acids is 1. The molecular weight excluding hydrogens is 172 g/mol. The lowest BCUT2D eigenvalue weighted by Gasteiger charge is -2.28. The van der Waals surface area contributed by atoms with Gasteiger partial charge >= 0.3 is 0 Å². The van der Waals surface area contributed by atoms with Gasteiger partial charge in [0.1, 0.15) is 0 Å². The monoisotopic (exact) mass is 186 g/mol. The van der Waals surface area contributed by atoms with E-state index in [9.17, 15) is 4.79 Å². The predicted octanol–water partition coefficient (Wildman–Crippen LogP) is 0.893. The van der Waals surface area contributed by atoms with Gasteiger partial charge in [-0.3, -0.25) is 4.79 Å². The number of amides is 1. The predicted molar refractivity (Wildman–Crippen MR) is 51.8 cm³/mol. The molecule has 1 fully saturated rings. The number of nitrogens with one attached hydrogen (secondary N) is 1. The van der Waals surface area contributed by atoms with E-state index in [0.29, 0.717) is 5.11 Å². The highest BCUT2D eigenvalue weighted by Crippen LogP contribution is 2.08. The molecule has 0 aromatic rings. The van der Waals surface area contributed by atoms with Gasteiger partial charge in [0.25, 0.3) is 0 Å². The van der Waals surface area contributed by atoms with Gasteiger partial charge in [0, 0.05) is 20.0 Å². The molecule has 0 atom stereocenters. The van der Waals surface area contributed by atoms with Gasteiger partial charge < -0.3 is 10.2 Å². The quantitative estimate of drug-likeness (QED) is 0.570. The molecule has 1 N–H and O–H groups in total. The highest BCUT2D eigenvalue weighted by Gasteiger charge is 2.13. The summed E-state index contributed by atoms with van der Waals surface area (Å²) in [6.45, 7) is 3.45. The second-order valence-electron chi connectivity index (χ2n) is 3.03. The molecule has 1 saturated heterocycles. The van der Waals surface area contributed by atoms with E-state index in [1.54, 1.807) is 0 Å². The lowest BCUT2D eigenvalue weighted by atomic mass is 10.1. The Hall–Kier alpha value is -0.640. The van der Waals surface area contributed by atoms with Crippen molar-refractivity contribution in [1.29, 1.82) is 0 Å². The zero-order valence-corrected chi connectivity index (χ0v) is 8.12. The van der Waals surface area contributed by atoms with Gasteiger partial charge in [0.15, 0.2) is 5.11 Å². The van der Waals surface area contributed by atoms with E-state index < -0.39 is 0 Å². The molecule has 0 spiro atoms. The van der Waals surface area contributed by atoms with Crippen LogP contribution < -0.4 is 5.32 Å². The van der Waals surface area contributed by atoms with Crippen LogP contribution in [0, 0.1) is 0 Å². The number of carbonyl (C=O) groups is 1. The zero-order valence-electron chi connectivity index (χ0n) is 7.30. The molecule has 1 amide bonds. The number of hydrogen-bond acceptors (Lipinski definition) is 2. The lowest BCUT2D eigenvalue weighted by molar-refractivity contribution is -0.117. The molecule has 3 nitrogen and oxygen atoms in total. The second kappa shape index (κ2) is 4.40. The molecule has 0 radical (unpaired) electrons. The Morgan fingerprint density at radius 2 is 1.92 bits per heavy atom. The summed E-state index contributed by atoms with van der Waals surface area (Å²) < 4.78 is 0. The maximum absolute atomic E-state index is 10.7. The fraction of sp³-hybridized carbons (Fsp3) is 0.750. The van der Waals surface area contributed by atoms with Crippen LogP contribution in [-0.2, 0) is 4.79 Å². The summed E-state index contributed by atoms with van der Waals surface area (Å²) in [7, 11) is 0. The summed E-state index contributed by atoms with van der Waals surface area (Å²) in [5.41, 5.74) is 0. The van der Waals surface area contributed by atoms with Crippen molar-refractivity contribution in [2.75, 3.05) is 13.1 Å². The highest BCUT2D eigenvalue weighted by molar-refractivity contribution is 7.80. The third-order valence-electron chi connectivity index (χ3n) is 1.93. The normalized spacial score (nSPS) is 17.2. The Bertz CT molecular complexity index is 187. The number of hydrogen-bond donors (Lipinski definition) is 1. The third kappa shape index (κ3) is 2.77. The molecule has 68 valence electrons. The van der Waals surface area contributed by atoms with Gasteiger partial charge in [-0.15, -0.1) is 0 Å². The van der Waals surface area contributed by atoms with Crippen LogP contribution >= 0.6 is 12.2 Å². The van der Waals surface area contributed by atoms with Gasteiger partial charge in [-0.05, 0) is 31.5 Å². The van der Waals surface area contributed by atoms with Gasteiger partial charge in [-0.25, -0.2) is 0 Å². The summed E-state index contributed by atoms with van der Waals surface area (Å²) >= 11 is 5.04. The van der Waals surface area contributed by atoms with Crippen LogP contribution in [0.1, 0.15) is 26.2 Å². The second-order valence-corrected chi connectivity index (χ2v) is 3.42. The van der Waals surface area contributed by atoms with E-state index in [0.717, 1.165) is 13.1 Å². The van der Waals surface area contributed by atoms with Crippen molar-refractivity contribution < 1.29 is 4.79 Å². The fourth-order valence-electron chi connectivity index (χ4n) is 1.33. The van der Waals surface area contributed by atoms with Crippen molar-refractivity contribution >= 4 is 23.2 Å². The third-order valence-corrected chi connectivity index (χ3v) is 2.29. The van der Waals surface area contributed by atoms with Crippen molar-refractivity contribution in [2.24, 2.45) is 0 Å². The van der Waals surface area contributed by atoms with Crippen molar-refractivity contribution in [3.05, 3.63) is 0 Å². The Labute approximate surface area is 78.1 Å². The Balaban J connectivity index is 2.34. The molecule has 0 bridgehead atoms. The lowest BCUT2D eigenvalue weighted by Crippen LogP contribution is -2.44.